The van der Waals surface area contributed by atoms with Crippen molar-refractivity contribution in [1.29, 1.82) is 0 Å². The maximum atomic E-state index is 11.4. The predicted molar refractivity (Wildman–Crippen MR) is 72.7 cm³/mol. The molecule has 0 heterocycles. The number of nitrogens with one attached hydrogen (secondary N) is 1. The highest BCUT2D eigenvalue weighted by Gasteiger charge is 2.15. The topological polar surface area (TPSA) is 52.6 Å². The molecule has 1 rings (SSSR count). The van der Waals surface area contributed by atoms with Gasteiger partial charge in [0, 0.05) is 36.6 Å². The number of carbonyl (C=O) groups excluding carboxylic acids is 1. The van der Waals surface area contributed by atoms with E-state index in [1.165, 1.54) is 0 Å². The van der Waals surface area contributed by atoms with Crippen LogP contribution < -0.4 is 5.32 Å². The van der Waals surface area contributed by atoms with E-state index < -0.39 is 0 Å². The summed E-state index contributed by atoms with van der Waals surface area (Å²) in [5.74, 6) is 0.0804. The number of hydrogen-bond acceptors (Lipinski definition) is 3. The van der Waals surface area contributed by atoms with E-state index >= 15 is 0 Å². The second kappa shape index (κ2) is 6.61. The fourth-order valence-electron chi connectivity index (χ4n) is 1.84. The van der Waals surface area contributed by atoms with Gasteiger partial charge in [0.1, 0.15) is 5.75 Å². The molecule has 0 radical (unpaired) electrons. The number of rotatable bonds is 5. The summed E-state index contributed by atoms with van der Waals surface area (Å²) < 4.78 is 0. The predicted octanol–water partition coefficient (Wildman–Crippen LogP) is 1.86. The molecule has 1 atom stereocenters. The Morgan fingerprint density at radius 2 is 2.22 bits per heavy atom. The molecule has 1 aromatic rings. The number of phenolic OH excluding ortho intramolecular Hbond substituents is 1. The Balaban J connectivity index is 2.65. The first-order valence-electron chi connectivity index (χ1n) is 5.82. The molecule has 4 nitrogen and oxygen atoms in total. The number of nitrogens with zero attached hydrogens (tertiary/aromatic N) is 1. The summed E-state index contributed by atoms with van der Waals surface area (Å²) in [7, 11) is 3.51. The smallest absolute Gasteiger partial charge is 0.223 e. The minimum atomic E-state index is -0.107. The monoisotopic (exact) mass is 270 g/mol. The lowest BCUT2D eigenvalue weighted by molar-refractivity contribution is -0.124. The average Bonchev–Trinajstić information content (AvgIpc) is 2.32. The van der Waals surface area contributed by atoms with E-state index in [1.807, 2.05) is 18.9 Å². The Kier molecular flexibility index (Phi) is 5.44. The van der Waals surface area contributed by atoms with Crippen molar-refractivity contribution in [3.63, 3.8) is 0 Å². The molecule has 1 aromatic carbocycles. The molecule has 0 fully saturated rings. The second-order valence-electron chi connectivity index (χ2n) is 4.45. The second-order valence-corrected chi connectivity index (χ2v) is 4.86. The first-order chi connectivity index (χ1) is 8.45. The molecule has 5 heteroatoms. The molecule has 0 aliphatic carbocycles. The van der Waals surface area contributed by atoms with Crippen LogP contribution in [0.15, 0.2) is 18.2 Å². The largest absolute Gasteiger partial charge is 0.508 e. The van der Waals surface area contributed by atoms with Crippen LogP contribution in [0.5, 0.6) is 5.75 Å². The number of carbonyl (C=O) groups is 1. The van der Waals surface area contributed by atoms with Gasteiger partial charge in [0.25, 0.3) is 0 Å². The van der Waals surface area contributed by atoms with Gasteiger partial charge in [-0.25, -0.2) is 0 Å². The molecule has 2 N–H and O–H groups in total. The summed E-state index contributed by atoms with van der Waals surface area (Å²) in [5.41, 5.74) is 0.686. The van der Waals surface area contributed by atoms with Crippen molar-refractivity contribution < 1.29 is 9.90 Å². The summed E-state index contributed by atoms with van der Waals surface area (Å²) in [6, 6.07) is 5.05. The van der Waals surface area contributed by atoms with Crippen LogP contribution >= 0.6 is 11.6 Å². The molecule has 0 aliphatic heterocycles. The first-order valence-corrected chi connectivity index (χ1v) is 6.20. The zero-order valence-electron chi connectivity index (χ0n) is 10.9. The third-order valence-corrected chi connectivity index (χ3v) is 3.16. The SMILES string of the molecule is CNC(=O)C(C)CN(C)Cc1c(O)cccc1Cl. The average molecular weight is 271 g/mol. The van der Waals surface area contributed by atoms with Crippen molar-refractivity contribution in [1.82, 2.24) is 10.2 Å². The Morgan fingerprint density at radius 1 is 1.56 bits per heavy atom. The van der Waals surface area contributed by atoms with Crippen LogP contribution in [0.4, 0.5) is 0 Å². The van der Waals surface area contributed by atoms with Crippen LogP contribution in [-0.2, 0) is 11.3 Å². The quantitative estimate of drug-likeness (QED) is 0.859. The summed E-state index contributed by atoms with van der Waals surface area (Å²) >= 11 is 6.03. The highest BCUT2D eigenvalue weighted by Crippen LogP contribution is 2.26. The number of halogens is 1. The van der Waals surface area contributed by atoms with Crippen molar-refractivity contribution >= 4 is 17.5 Å². The van der Waals surface area contributed by atoms with Gasteiger partial charge in [-0.05, 0) is 19.2 Å². The lowest BCUT2D eigenvalue weighted by Gasteiger charge is -2.21. The van der Waals surface area contributed by atoms with Crippen molar-refractivity contribution in [3.05, 3.63) is 28.8 Å². The minimum Gasteiger partial charge on any atom is -0.508 e. The van der Waals surface area contributed by atoms with Crippen molar-refractivity contribution in [2.45, 2.75) is 13.5 Å². The molecule has 1 amide bonds. The van der Waals surface area contributed by atoms with Gasteiger partial charge in [-0.15, -0.1) is 0 Å². The zero-order chi connectivity index (χ0) is 13.7. The Bertz CT molecular complexity index is 403. The van der Waals surface area contributed by atoms with Crippen LogP contribution in [-0.4, -0.2) is 36.6 Å². The molecule has 0 saturated carbocycles. The van der Waals surface area contributed by atoms with E-state index in [1.54, 1.807) is 25.2 Å². The maximum absolute atomic E-state index is 11.4. The molecular weight excluding hydrogens is 252 g/mol. The third-order valence-electron chi connectivity index (χ3n) is 2.80. The Hall–Kier alpha value is -1.26. The number of hydrogen-bond donors (Lipinski definition) is 2. The van der Waals surface area contributed by atoms with Gasteiger partial charge in [0.15, 0.2) is 0 Å². The fraction of sp³-hybridized carbons (Fsp3) is 0.462. The summed E-state index contributed by atoms with van der Waals surface area (Å²) in [4.78, 5) is 13.4. The highest BCUT2D eigenvalue weighted by molar-refractivity contribution is 6.31. The van der Waals surface area contributed by atoms with Gasteiger partial charge >= 0.3 is 0 Å². The number of benzene rings is 1. The minimum absolute atomic E-state index is 0.00484. The molecule has 100 valence electrons. The van der Waals surface area contributed by atoms with Crippen LogP contribution in [0.1, 0.15) is 12.5 Å². The van der Waals surface area contributed by atoms with Gasteiger partial charge in [0.2, 0.25) is 5.91 Å². The molecular formula is C13H19ClN2O2. The summed E-state index contributed by atoms with van der Waals surface area (Å²) in [6.07, 6.45) is 0. The third kappa shape index (κ3) is 3.89. The van der Waals surface area contributed by atoms with E-state index in [-0.39, 0.29) is 17.6 Å². The molecule has 0 spiro atoms. The van der Waals surface area contributed by atoms with E-state index in [2.05, 4.69) is 5.32 Å². The normalized spacial score (nSPS) is 12.5. The molecule has 0 saturated heterocycles. The van der Waals surface area contributed by atoms with Gasteiger partial charge < -0.3 is 15.3 Å². The van der Waals surface area contributed by atoms with Crippen LogP contribution in [0.3, 0.4) is 0 Å². The zero-order valence-corrected chi connectivity index (χ0v) is 11.7. The number of amides is 1. The van der Waals surface area contributed by atoms with Crippen molar-refractivity contribution in [2.24, 2.45) is 5.92 Å². The summed E-state index contributed by atoms with van der Waals surface area (Å²) in [6.45, 7) is 2.97. The van der Waals surface area contributed by atoms with E-state index in [0.29, 0.717) is 23.7 Å². The van der Waals surface area contributed by atoms with E-state index in [9.17, 15) is 9.90 Å². The van der Waals surface area contributed by atoms with Gasteiger partial charge in [0.05, 0.1) is 0 Å². The molecule has 18 heavy (non-hydrogen) atoms. The summed E-state index contributed by atoms with van der Waals surface area (Å²) in [5, 5.41) is 12.9. The van der Waals surface area contributed by atoms with Crippen LogP contribution in [0, 0.1) is 5.92 Å². The van der Waals surface area contributed by atoms with E-state index in [4.69, 9.17) is 11.6 Å². The molecule has 1 unspecified atom stereocenters. The Morgan fingerprint density at radius 3 is 2.78 bits per heavy atom. The van der Waals surface area contributed by atoms with Crippen LogP contribution in [0.25, 0.3) is 0 Å². The standard InChI is InChI=1S/C13H19ClN2O2/c1-9(13(18)15-2)7-16(3)8-10-11(14)5-4-6-12(10)17/h4-6,9,17H,7-8H2,1-3H3,(H,15,18). The number of phenols is 1. The van der Waals surface area contributed by atoms with Crippen molar-refractivity contribution in [3.8, 4) is 5.75 Å². The highest BCUT2D eigenvalue weighted by atomic mass is 35.5. The van der Waals surface area contributed by atoms with Crippen LogP contribution in [0.2, 0.25) is 5.02 Å². The lowest BCUT2D eigenvalue weighted by atomic mass is 10.1. The molecule has 0 aliphatic rings. The van der Waals surface area contributed by atoms with Crippen molar-refractivity contribution in [2.75, 3.05) is 20.6 Å². The first kappa shape index (κ1) is 14.8. The van der Waals surface area contributed by atoms with Gasteiger partial charge in [-0.2, -0.15) is 0 Å². The molecule has 0 bridgehead atoms. The maximum Gasteiger partial charge on any atom is 0.223 e. The van der Waals surface area contributed by atoms with Gasteiger partial charge in [-0.3, -0.25) is 4.79 Å². The molecule has 0 aromatic heterocycles. The lowest BCUT2D eigenvalue weighted by Crippen LogP contribution is -2.34. The van der Waals surface area contributed by atoms with Gasteiger partial charge in [-0.1, -0.05) is 24.6 Å². The fourth-order valence-corrected chi connectivity index (χ4v) is 2.06. The van der Waals surface area contributed by atoms with E-state index in [0.717, 1.165) is 0 Å². The number of aromatic hydroxyl groups is 1. The Labute approximate surface area is 113 Å².